The van der Waals surface area contributed by atoms with Gasteiger partial charge < -0.3 is 24.3 Å². The van der Waals surface area contributed by atoms with E-state index in [9.17, 15) is 14.6 Å². The number of benzene rings is 3. The largest absolute Gasteiger partial charge is 0.506 e. The van der Waals surface area contributed by atoms with Crippen LogP contribution in [0.3, 0.4) is 0 Å². The molecule has 0 aliphatic rings. The van der Waals surface area contributed by atoms with Gasteiger partial charge in [0, 0.05) is 28.1 Å². The summed E-state index contributed by atoms with van der Waals surface area (Å²) < 4.78 is 28.5. The lowest BCUT2D eigenvalue weighted by Gasteiger charge is -2.13. The zero-order valence-corrected chi connectivity index (χ0v) is 18.7. The summed E-state index contributed by atoms with van der Waals surface area (Å²) in [5.74, 6) is 0.151. The summed E-state index contributed by atoms with van der Waals surface area (Å²) in [6.07, 6.45) is 1.87. The Bertz CT molecular complexity index is 1450. The quantitative estimate of drug-likeness (QED) is 0.295. The molecule has 0 amide bonds. The predicted molar refractivity (Wildman–Crippen MR) is 128 cm³/mol. The Hall–Kier alpha value is -3.97. The molecule has 5 rings (SSSR count). The van der Waals surface area contributed by atoms with E-state index in [-0.39, 0.29) is 33.4 Å². The lowest BCUT2D eigenvalue weighted by atomic mass is 10.1. The maximum atomic E-state index is 14.8. The number of aromatic hydroxyl groups is 2. The third-order valence-electron chi connectivity index (χ3n) is 5.48. The van der Waals surface area contributed by atoms with Crippen LogP contribution in [0.5, 0.6) is 28.1 Å². The monoisotopic (exact) mass is 461 g/mol. The maximum absolute atomic E-state index is 14.8. The Labute approximate surface area is 193 Å². The standard InChI is InChI=1S/C26H20FNO4S/c1-15-7-9-16(10-8-15)28-13-24(17-5-3-4-6-20(17)28)32-23-11-18(19(27)12-22(23)31-2)25-21(29)14-33-26(25)30/h3-14,29-30H,1-2H3. The number of ether oxygens (including phenoxy) is 2. The summed E-state index contributed by atoms with van der Waals surface area (Å²) >= 11 is 0.922. The summed E-state index contributed by atoms with van der Waals surface area (Å²) in [4.78, 5) is 0. The van der Waals surface area contributed by atoms with Crippen molar-refractivity contribution in [3.05, 3.63) is 83.6 Å². The number of nitrogens with zero attached hydrogens (tertiary/aromatic N) is 1. The van der Waals surface area contributed by atoms with Gasteiger partial charge in [0.2, 0.25) is 0 Å². The molecule has 2 N–H and O–H groups in total. The molecular formula is C26H20FNO4S. The second-order valence-corrected chi connectivity index (χ2v) is 8.46. The first-order chi connectivity index (χ1) is 16.0. The van der Waals surface area contributed by atoms with Crippen LogP contribution in [0.15, 0.2) is 72.2 Å². The number of halogens is 1. The van der Waals surface area contributed by atoms with Gasteiger partial charge in [-0.2, -0.15) is 0 Å². The third-order valence-corrected chi connectivity index (χ3v) is 6.25. The van der Waals surface area contributed by atoms with Crippen LogP contribution in [-0.4, -0.2) is 21.9 Å². The summed E-state index contributed by atoms with van der Waals surface area (Å²) in [5.41, 5.74) is 3.13. The number of aryl methyl sites for hydroxylation is 1. The number of fused-ring (bicyclic) bond motifs is 1. The number of hydrogen-bond acceptors (Lipinski definition) is 5. The SMILES string of the molecule is COc1cc(F)c(-c2c(O)csc2O)cc1Oc1cn(-c2ccc(C)cc2)c2ccccc12. The summed E-state index contributed by atoms with van der Waals surface area (Å²) in [6.45, 7) is 2.04. The molecule has 0 radical (unpaired) electrons. The second-order valence-electron chi connectivity index (χ2n) is 7.60. The number of para-hydroxylation sites is 1. The van der Waals surface area contributed by atoms with Gasteiger partial charge in [-0.15, -0.1) is 11.3 Å². The zero-order valence-electron chi connectivity index (χ0n) is 17.9. The molecule has 2 aromatic heterocycles. The fourth-order valence-electron chi connectivity index (χ4n) is 3.83. The molecular weight excluding hydrogens is 441 g/mol. The molecule has 0 saturated carbocycles. The molecule has 0 aliphatic carbocycles. The van der Waals surface area contributed by atoms with E-state index in [1.807, 2.05) is 66.2 Å². The summed E-state index contributed by atoms with van der Waals surface area (Å²) in [5, 5.41) is 22.3. The van der Waals surface area contributed by atoms with E-state index in [1.54, 1.807) is 0 Å². The topological polar surface area (TPSA) is 63.9 Å². The number of rotatable bonds is 5. The highest BCUT2D eigenvalue weighted by molar-refractivity contribution is 7.12. The van der Waals surface area contributed by atoms with Crippen LogP contribution in [0.4, 0.5) is 4.39 Å². The van der Waals surface area contributed by atoms with Gasteiger partial charge in [0.25, 0.3) is 0 Å². The van der Waals surface area contributed by atoms with Gasteiger partial charge in [-0.05, 0) is 37.3 Å². The molecule has 0 saturated heterocycles. The van der Waals surface area contributed by atoms with Crippen molar-refractivity contribution in [2.24, 2.45) is 0 Å². The second kappa shape index (κ2) is 8.18. The highest BCUT2D eigenvalue weighted by atomic mass is 32.1. The van der Waals surface area contributed by atoms with E-state index >= 15 is 0 Å². The molecule has 0 unspecified atom stereocenters. The van der Waals surface area contributed by atoms with Crippen LogP contribution < -0.4 is 9.47 Å². The molecule has 5 aromatic rings. The predicted octanol–water partition coefficient (Wildman–Crippen LogP) is 7.02. The first kappa shape index (κ1) is 20.9. The number of aromatic nitrogens is 1. The number of thiophene rings is 1. The van der Waals surface area contributed by atoms with Gasteiger partial charge in [-0.25, -0.2) is 4.39 Å². The fraction of sp³-hybridized carbons (Fsp3) is 0.0769. The number of methoxy groups -OCH3 is 1. The molecule has 33 heavy (non-hydrogen) atoms. The van der Waals surface area contributed by atoms with Gasteiger partial charge in [-0.1, -0.05) is 29.8 Å². The van der Waals surface area contributed by atoms with Crippen LogP contribution in [0.25, 0.3) is 27.7 Å². The minimum atomic E-state index is -0.648. The first-order valence-electron chi connectivity index (χ1n) is 10.2. The van der Waals surface area contributed by atoms with E-state index < -0.39 is 5.82 Å². The molecule has 7 heteroatoms. The average molecular weight is 462 g/mol. The number of hydrogen-bond donors (Lipinski definition) is 2. The lowest BCUT2D eigenvalue weighted by Crippen LogP contribution is -1.94. The van der Waals surface area contributed by atoms with Crippen molar-refractivity contribution in [2.45, 2.75) is 6.92 Å². The molecule has 2 heterocycles. The van der Waals surface area contributed by atoms with Gasteiger partial charge in [0.15, 0.2) is 22.3 Å². The van der Waals surface area contributed by atoms with E-state index in [0.29, 0.717) is 5.75 Å². The molecule has 0 fully saturated rings. The Morgan fingerprint density at radius 1 is 0.939 bits per heavy atom. The van der Waals surface area contributed by atoms with Gasteiger partial charge in [-0.3, -0.25) is 0 Å². The normalized spacial score (nSPS) is 11.1. The smallest absolute Gasteiger partial charge is 0.183 e. The molecule has 3 aromatic carbocycles. The summed E-state index contributed by atoms with van der Waals surface area (Å²) in [6, 6.07) is 18.6. The minimum absolute atomic E-state index is 0.0179. The average Bonchev–Trinajstić information content (AvgIpc) is 3.35. The van der Waals surface area contributed by atoms with Gasteiger partial charge >= 0.3 is 0 Å². The van der Waals surface area contributed by atoms with E-state index in [4.69, 9.17) is 9.47 Å². The maximum Gasteiger partial charge on any atom is 0.183 e. The zero-order chi connectivity index (χ0) is 23.1. The molecule has 0 bridgehead atoms. The molecule has 166 valence electrons. The van der Waals surface area contributed by atoms with Crippen molar-refractivity contribution < 1.29 is 24.1 Å². The molecule has 5 nitrogen and oxygen atoms in total. The fourth-order valence-corrected chi connectivity index (χ4v) is 4.50. The Morgan fingerprint density at radius 2 is 1.70 bits per heavy atom. The highest BCUT2D eigenvalue weighted by Crippen LogP contribution is 2.47. The van der Waals surface area contributed by atoms with Gasteiger partial charge in [0.1, 0.15) is 11.6 Å². The Kier molecular flexibility index (Phi) is 5.18. The Morgan fingerprint density at radius 3 is 2.39 bits per heavy atom. The Balaban J connectivity index is 1.64. The van der Waals surface area contributed by atoms with Crippen molar-refractivity contribution in [3.63, 3.8) is 0 Å². The van der Waals surface area contributed by atoms with Crippen molar-refractivity contribution in [2.75, 3.05) is 7.11 Å². The van der Waals surface area contributed by atoms with E-state index in [0.717, 1.165) is 33.5 Å². The van der Waals surface area contributed by atoms with Crippen LogP contribution in [0.2, 0.25) is 0 Å². The van der Waals surface area contributed by atoms with Crippen LogP contribution >= 0.6 is 11.3 Å². The minimum Gasteiger partial charge on any atom is -0.506 e. The van der Waals surface area contributed by atoms with Crippen molar-refractivity contribution in [1.82, 2.24) is 4.57 Å². The third kappa shape index (κ3) is 3.66. The van der Waals surface area contributed by atoms with E-state index in [1.165, 1.54) is 24.6 Å². The van der Waals surface area contributed by atoms with Crippen LogP contribution in [0, 0.1) is 12.7 Å². The molecule has 0 atom stereocenters. The van der Waals surface area contributed by atoms with Crippen LogP contribution in [-0.2, 0) is 0 Å². The van der Waals surface area contributed by atoms with E-state index in [2.05, 4.69) is 0 Å². The summed E-state index contributed by atoms with van der Waals surface area (Å²) in [7, 11) is 1.43. The van der Waals surface area contributed by atoms with Gasteiger partial charge in [0.05, 0.1) is 24.4 Å². The van der Waals surface area contributed by atoms with Crippen LogP contribution in [0.1, 0.15) is 5.56 Å². The van der Waals surface area contributed by atoms with Crippen molar-refractivity contribution >= 4 is 22.2 Å². The lowest BCUT2D eigenvalue weighted by molar-refractivity contribution is 0.377. The highest BCUT2D eigenvalue weighted by Gasteiger charge is 2.21. The first-order valence-corrected chi connectivity index (χ1v) is 11.1. The molecule has 0 spiro atoms. The molecule has 0 aliphatic heterocycles. The van der Waals surface area contributed by atoms with Crippen molar-refractivity contribution in [3.8, 4) is 44.9 Å². The van der Waals surface area contributed by atoms with Crippen molar-refractivity contribution in [1.29, 1.82) is 0 Å².